The Labute approximate surface area is 90.9 Å². The van der Waals surface area contributed by atoms with Gasteiger partial charge in [0.1, 0.15) is 0 Å². The molecule has 0 spiro atoms. The molecule has 0 N–H and O–H groups in total. The first-order valence-corrected chi connectivity index (χ1v) is 9.64. The van der Waals surface area contributed by atoms with E-state index in [4.69, 9.17) is 0 Å². The predicted octanol–water partition coefficient (Wildman–Crippen LogP) is 4.11. The highest BCUT2D eigenvalue weighted by Gasteiger charge is 2.18. The van der Waals surface area contributed by atoms with Crippen LogP contribution in [0.1, 0.15) is 26.1 Å². The van der Waals surface area contributed by atoms with Gasteiger partial charge in [0.05, 0.1) is 8.07 Å². The second-order valence-corrected chi connectivity index (χ2v) is 12.0. The van der Waals surface area contributed by atoms with E-state index in [-0.39, 0.29) is 0 Å². The monoisotopic (exact) mass is 224 g/mol. The van der Waals surface area contributed by atoms with Crippen LogP contribution in [0, 0.1) is 0 Å². The highest BCUT2D eigenvalue weighted by Crippen LogP contribution is 2.28. The summed E-state index contributed by atoms with van der Waals surface area (Å²) in [6.07, 6.45) is 0. The quantitative estimate of drug-likeness (QED) is 0.630. The molecule has 78 valence electrons. The molecule has 1 aromatic rings. The molecule has 1 rings (SSSR count). The van der Waals surface area contributed by atoms with E-state index in [1.54, 1.807) is 5.19 Å². The fourth-order valence-corrected chi connectivity index (χ4v) is 4.52. The van der Waals surface area contributed by atoms with Gasteiger partial charge in [-0.3, -0.25) is 0 Å². The Hall–Kier alpha value is -0.133. The Morgan fingerprint density at radius 2 is 1.64 bits per heavy atom. The molecule has 1 heterocycles. The van der Waals surface area contributed by atoms with Gasteiger partial charge in [-0.25, -0.2) is 0 Å². The summed E-state index contributed by atoms with van der Waals surface area (Å²) >= 11 is 0. The molecule has 0 unspecified atom stereocenters. The van der Waals surface area contributed by atoms with Gasteiger partial charge < -0.3 is 0 Å². The molecule has 2 heteroatoms. The van der Waals surface area contributed by atoms with Crippen molar-refractivity contribution in [2.75, 3.05) is 0 Å². The molecule has 0 aromatic carbocycles. The average Bonchev–Trinajstić information content (AvgIpc) is 2.01. The van der Waals surface area contributed by atoms with Crippen LogP contribution in [-0.4, -0.2) is 8.07 Å². The topological polar surface area (TPSA) is 0 Å². The normalized spacial score (nSPS) is 13.6. The first kappa shape index (κ1) is 11.9. The van der Waals surface area contributed by atoms with Crippen LogP contribution in [0.5, 0.6) is 0 Å². The third-order valence-corrected chi connectivity index (χ3v) is 6.19. The Bertz CT molecular complexity index is 268. The van der Waals surface area contributed by atoms with Gasteiger partial charge in [-0.15, -0.1) is 0 Å². The van der Waals surface area contributed by atoms with Gasteiger partial charge in [0.2, 0.25) is 0 Å². The molecule has 0 aliphatic rings. The van der Waals surface area contributed by atoms with E-state index in [9.17, 15) is 0 Å². The van der Waals surface area contributed by atoms with Gasteiger partial charge in [0, 0.05) is 0 Å². The van der Waals surface area contributed by atoms with Crippen molar-refractivity contribution < 1.29 is 0 Å². The Morgan fingerprint density at radius 1 is 1.07 bits per heavy atom. The second-order valence-electron chi connectivity index (χ2n) is 5.93. The summed E-state index contributed by atoms with van der Waals surface area (Å²) < 4.78 is 0. The lowest BCUT2D eigenvalue weighted by molar-refractivity contribution is 0.603. The molecule has 0 amide bonds. The number of hydrogen-bond donors (Lipinski definition) is 0. The van der Waals surface area contributed by atoms with Gasteiger partial charge in [0.25, 0.3) is 0 Å². The van der Waals surface area contributed by atoms with Crippen LogP contribution in [0.4, 0.5) is 0 Å². The van der Waals surface area contributed by atoms with E-state index in [2.05, 4.69) is 58.3 Å². The largest absolute Gasteiger partial charge is 0.0780 e. The first-order chi connectivity index (χ1) is 6.21. The van der Waals surface area contributed by atoms with Crippen molar-refractivity contribution in [1.82, 2.24) is 0 Å². The molecular weight excluding hydrogens is 203 g/mol. The predicted molar refractivity (Wildman–Crippen MR) is 70.6 cm³/mol. The van der Waals surface area contributed by atoms with Crippen molar-refractivity contribution in [3.05, 3.63) is 23.2 Å². The standard InChI is InChI=1S/C12H21PSi/c1-12(2,3)11-8-7-10(9-13-11)14(4,5)6/h7-9H,1-6H3. The third kappa shape index (κ3) is 2.93. The number of hydrogen-bond acceptors (Lipinski definition) is 0. The lowest BCUT2D eigenvalue weighted by Gasteiger charge is -2.21. The maximum absolute atomic E-state index is 2.41. The average molecular weight is 224 g/mol. The van der Waals surface area contributed by atoms with Crippen molar-refractivity contribution in [2.24, 2.45) is 0 Å². The van der Waals surface area contributed by atoms with Crippen LogP contribution in [0.3, 0.4) is 0 Å². The summed E-state index contributed by atoms with van der Waals surface area (Å²) in [5, 5.41) is 3.12. The molecule has 14 heavy (non-hydrogen) atoms. The van der Waals surface area contributed by atoms with Crippen LogP contribution in [0.25, 0.3) is 0 Å². The molecular formula is C12H21PSi. The van der Waals surface area contributed by atoms with E-state index in [0.29, 0.717) is 5.41 Å². The molecule has 0 radical (unpaired) electrons. The minimum absolute atomic E-state index is 0.319. The molecule has 1 aromatic heterocycles. The highest BCUT2D eigenvalue weighted by atomic mass is 31.0. The van der Waals surface area contributed by atoms with Crippen LogP contribution in [0.2, 0.25) is 19.6 Å². The zero-order chi connectivity index (χ0) is 11.0. The van der Waals surface area contributed by atoms with Gasteiger partial charge in [-0.05, 0) is 16.5 Å². The van der Waals surface area contributed by atoms with Crippen molar-refractivity contribution in [3.63, 3.8) is 0 Å². The summed E-state index contributed by atoms with van der Waals surface area (Å²) in [7, 11) is 0.313. The van der Waals surface area contributed by atoms with Crippen molar-refractivity contribution in [1.29, 1.82) is 0 Å². The van der Waals surface area contributed by atoms with Gasteiger partial charge >= 0.3 is 0 Å². The van der Waals surface area contributed by atoms with Crippen molar-refractivity contribution in [2.45, 2.75) is 45.8 Å². The fourth-order valence-electron chi connectivity index (χ4n) is 1.28. The minimum atomic E-state index is -1.09. The van der Waals surface area contributed by atoms with E-state index in [1.165, 1.54) is 13.5 Å². The van der Waals surface area contributed by atoms with Crippen molar-refractivity contribution in [3.8, 4) is 0 Å². The summed E-state index contributed by atoms with van der Waals surface area (Å²) in [5.74, 6) is 2.41. The summed E-state index contributed by atoms with van der Waals surface area (Å²) in [4.78, 5) is 0. The molecule has 0 fully saturated rings. The fraction of sp³-hybridized carbons (Fsp3) is 0.583. The molecule has 0 saturated heterocycles. The number of rotatable bonds is 1. The minimum Gasteiger partial charge on any atom is -0.0725 e. The maximum Gasteiger partial charge on any atom is 0.0780 e. The molecule has 0 saturated carbocycles. The molecule has 0 aliphatic carbocycles. The summed E-state index contributed by atoms with van der Waals surface area (Å²) in [5.41, 5.74) is 0.319. The Morgan fingerprint density at radius 3 is 1.93 bits per heavy atom. The summed E-state index contributed by atoms with van der Waals surface area (Å²) in [6, 6.07) is 4.67. The van der Waals surface area contributed by atoms with E-state index in [1.807, 2.05) is 0 Å². The van der Waals surface area contributed by atoms with Crippen molar-refractivity contribution >= 4 is 21.5 Å². The first-order valence-electron chi connectivity index (χ1n) is 5.18. The highest BCUT2D eigenvalue weighted by molar-refractivity contribution is 7.30. The van der Waals surface area contributed by atoms with Crippen LogP contribution in [-0.2, 0) is 5.41 Å². The molecule has 0 atom stereocenters. The van der Waals surface area contributed by atoms with E-state index in [0.717, 1.165) is 0 Å². The van der Waals surface area contributed by atoms with Crippen LogP contribution < -0.4 is 5.19 Å². The van der Waals surface area contributed by atoms with Gasteiger partial charge in [-0.1, -0.05) is 65.9 Å². The Kier molecular flexibility index (Phi) is 3.23. The van der Waals surface area contributed by atoms with E-state index < -0.39 is 8.07 Å². The van der Waals surface area contributed by atoms with Crippen LogP contribution in [0.15, 0.2) is 17.9 Å². The molecule has 0 aliphatic heterocycles. The van der Waals surface area contributed by atoms with E-state index >= 15 is 0 Å². The van der Waals surface area contributed by atoms with Gasteiger partial charge in [-0.2, -0.15) is 0 Å². The second kappa shape index (κ2) is 3.79. The lowest BCUT2D eigenvalue weighted by atomic mass is 9.95. The molecule has 0 bridgehead atoms. The Balaban J connectivity index is 3.02. The van der Waals surface area contributed by atoms with Crippen LogP contribution >= 0.6 is 8.19 Å². The maximum atomic E-state index is 2.41. The lowest BCUT2D eigenvalue weighted by Crippen LogP contribution is -2.37. The zero-order valence-corrected chi connectivity index (χ0v) is 12.1. The molecule has 0 nitrogen and oxygen atoms in total. The SMILES string of the molecule is CC(C)(C)c1ccc([Si](C)(C)C)cp1. The summed E-state index contributed by atoms with van der Waals surface area (Å²) in [6.45, 7) is 14.1. The zero-order valence-electron chi connectivity index (χ0n) is 10.2. The van der Waals surface area contributed by atoms with Gasteiger partial charge in [0.15, 0.2) is 0 Å². The third-order valence-electron chi connectivity index (χ3n) is 2.40. The smallest absolute Gasteiger partial charge is 0.0725 e.